The standard InChI is InChI=1S/C49H33N3O/c1-49(2)37-22-9-6-18-33(37)46-38(49)26-27-42-47(46)34-19-7-10-23-41(34)52(42)32-17-12-16-31(28-32)40-29-39(30-14-4-3-5-15-30)50-48(51-40)36-21-13-25-44-45(36)35-20-8-11-24-43(35)53-44/h3-29H,1-2H3. The van der Waals surface area contributed by atoms with E-state index in [0.29, 0.717) is 5.82 Å². The van der Waals surface area contributed by atoms with Gasteiger partial charge in [0, 0.05) is 49.3 Å². The van der Waals surface area contributed by atoms with Crippen molar-refractivity contribution in [3.05, 3.63) is 175 Å². The topological polar surface area (TPSA) is 43.9 Å². The number of para-hydroxylation sites is 2. The van der Waals surface area contributed by atoms with Gasteiger partial charge in [0.15, 0.2) is 5.82 Å². The number of benzene rings is 7. The summed E-state index contributed by atoms with van der Waals surface area (Å²) in [4.78, 5) is 10.5. The van der Waals surface area contributed by atoms with Gasteiger partial charge in [-0.05, 0) is 64.7 Å². The fraction of sp³-hybridized carbons (Fsp3) is 0.0612. The van der Waals surface area contributed by atoms with Crippen LogP contribution >= 0.6 is 0 Å². The van der Waals surface area contributed by atoms with Crippen LogP contribution in [-0.4, -0.2) is 14.5 Å². The summed E-state index contributed by atoms with van der Waals surface area (Å²) in [5, 5.41) is 4.64. The lowest BCUT2D eigenvalue weighted by Crippen LogP contribution is -2.14. The van der Waals surface area contributed by atoms with Crippen molar-refractivity contribution in [2.45, 2.75) is 19.3 Å². The molecule has 7 aromatic carbocycles. The average molecular weight is 680 g/mol. The molecule has 1 aliphatic rings. The molecular weight excluding hydrogens is 647 g/mol. The lowest BCUT2D eigenvalue weighted by molar-refractivity contribution is 0.661. The van der Waals surface area contributed by atoms with Crippen molar-refractivity contribution in [1.82, 2.24) is 14.5 Å². The molecule has 0 unspecified atom stereocenters. The van der Waals surface area contributed by atoms with Crippen molar-refractivity contribution in [2.75, 3.05) is 0 Å². The first-order valence-electron chi connectivity index (χ1n) is 18.2. The summed E-state index contributed by atoms with van der Waals surface area (Å²) in [6, 6.07) is 58.0. The number of furan rings is 1. The van der Waals surface area contributed by atoms with Gasteiger partial charge >= 0.3 is 0 Å². The van der Waals surface area contributed by atoms with Crippen molar-refractivity contribution in [1.29, 1.82) is 0 Å². The molecule has 4 heteroatoms. The Morgan fingerprint density at radius 2 is 1.17 bits per heavy atom. The van der Waals surface area contributed by atoms with E-state index < -0.39 is 0 Å². The molecule has 1 aliphatic carbocycles. The third kappa shape index (κ3) is 4.36. The Bertz CT molecular complexity index is 3090. The van der Waals surface area contributed by atoms with Crippen molar-refractivity contribution in [2.24, 2.45) is 0 Å². The van der Waals surface area contributed by atoms with Crippen LogP contribution in [-0.2, 0) is 5.41 Å². The Morgan fingerprint density at radius 1 is 0.491 bits per heavy atom. The molecule has 0 radical (unpaired) electrons. The van der Waals surface area contributed by atoms with E-state index in [0.717, 1.165) is 55.7 Å². The molecule has 0 saturated carbocycles. The summed E-state index contributed by atoms with van der Waals surface area (Å²) >= 11 is 0. The Morgan fingerprint density at radius 3 is 2.06 bits per heavy atom. The molecule has 0 N–H and O–H groups in total. The number of rotatable bonds is 4. The van der Waals surface area contributed by atoms with Crippen molar-refractivity contribution >= 4 is 43.7 Å². The number of aromatic nitrogens is 3. The molecule has 0 saturated heterocycles. The second-order valence-corrected chi connectivity index (χ2v) is 14.6. The summed E-state index contributed by atoms with van der Waals surface area (Å²) in [6.45, 7) is 4.70. The molecule has 250 valence electrons. The zero-order valence-electron chi connectivity index (χ0n) is 29.3. The van der Waals surface area contributed by atoms with Crippen LogP contribution < -0.4 is 0 Å². The molecule has 3 heterocycles. The van der Waals surface area contributed by atoms with E-state index in [1.165, 1.54) is 44.1 Å². The molecule has 0 amide bonds. The molecular formula is C49H33N3O. The maximum atomic E-state index is 6.27. The Balaban J connectivity index is 1.14. The molecule has 10 aromatic rings. The minimum absolute atomic E-state index is 0.0719. The van der Waals surface area contributed by atoms with Crippen LogP contribution in [0, 0.1) is 0 Å². The van der Waals surface area contributed by atoms with Crippen LogP contribution in [0.25, 0.3) is 94.5 Å². The van der Waals surface area contributed by atoms with Gasteiger partial charge in [-0.25, -0.2) is 9.97 Å². The van der Waals surface area contributed by atoms with Crippen molar-refractivity contribution < 1.29 is 4.42 Å². The van der Waals surface area contributed by atoms with Crippen LogP contribution in [0.4, 0.5) is 0 Å². The van der Waals surface area contributed by atoms with Gasteiger partial charge in [-0.1, -0.05) is 135 Å². The van der Waals surface area contributed by atoms with Crippen LogP contribution in [0.3, 0.4) is 0 Å². The number of fused-ring (bicyclic) bond motifs is 10. The quantitative estimate of drug-likeness (QED) is 0.186. The highest BCUT2D eigenvalue weighted by molar-refractivity contribution is 6.18. The van der Waals surface area contributed by atoms with Gasteiger partial charge in [0.2, 0.25) is 0 Å². The normalized spacial score (nSPS) is 13.2. The molecule has 53 heavy (non-hydrogen) atoms. The lowest BCUT2D eigenvalue weighted by Gasteiger charge is -2.21. The zero-order chi connectivity index (χ0) is 35.3. The Kier molecular flexibility index (Phi) is 6.27. The van der Waals surface area contributed by atoms with E-state index in [2.05, 4.69) is 152 Å². The minimum Gasteiger partial charge on any atom is -0.456 e. The van der Waals surface area contributed by atoms with Gasteiger partial charge in [0.1, 0.15) is 11.2 Å². The Hall–Kier alpha value is -6.78. The first-order chi connectivity index (χ1) is 26.0. The number of hydrogen-bond acceptors (Lipinski definition) is 3. The molecule has 0 bridgehead atoms. The molecule has 0 spiro atoms. The number of nitrogens with zero attached hydrogens (tertiary/aromatic N) is 3. The van der Waals surface area contributed by atoms with E-state index in [4.69, 9.17) is 14.4 Å². The highest BCUT2D eigenvalue weighted by Crippen LogP contribution is 2.53. The van der Waals surface area contributed by atoms with Crippen molar-refractivity contribution in [3.63, 3.8) is 0 Å². The molecule has 0 fully saturated rings. The predicted octanol–water partition coefficient (Wildman–Crippen LogP) is 12.8. The summed E-state index contributed by atoms with van der Waals surface area (Å²) < 4.78 is 8.69. The average Bonchev–Trinajstić information content (AvgIpc) is 3.84. The van der Waals surface area contributed by atoms with Crippen LogP contribution in [0.5, 0.6) is 0 Å². The van der Waals surface area contributed by atoms with Gasteiger partial charge < -0.3 is 8.98 Å². The van der Waals surface area contributed by atoms with Crippen LogP contribution in [0.2, 0.25) is 0 Å². The van der Waals surface area contributed by atoms with Gasteiger partial charge in [0.05, 0.1) is 22.4 Å². The van der Waals surface area contributed by atoms with Crippen LogP contribution in [0.1, 0.15) is 25.0 Å². The smallest absolute Gasteiger partial charge is 0.161 e. The highest BCUT2D eigenvalue weighted by Gasteiger charge is 2.37. The van der Waals surface area contributed by atoms with Crippen LogP contribution in [0.15, 0.2) is 168 Å². The van der Waals surface area contributed by atoms with E-state index >= 15 is 0 Å². The third-order valence-corrected chi connectivity index (χ3v) is 11.2. The second-order valence-electron chi connectivity index (χ2n) is 14.6. The molecule has 3 aromatic heterocycles. The molecule has 4 nitrogen and oxygen atoms in total. The zero-order valence-corrected chi connectivity index (χ0v) is 29.3. The molecule has 0 atom stereocenters. The first kappa shape index (κ1) is 29.9. The third-order valence-electron chi connectivity index (χ3n) is 11.2. The van der Waals surface area contributed by atoms with E-state index in [1.807, 2.05) is 30.3 Å². The fourth-order valence-corrected chi connectivity index (χ4v) is 8.77. The second kappa shape index (κ2) is 11.1. The van der Waals surface area contributed by atoms with E-state index in [-0.39, 0.29) is 5.41 Å². The maximum Gasteiger partial charge on any atom is 0.161 e. The fourth-order valence-electron chi connectivity index (χ4n) is 8.77. The summed E-state index contributed by atoms with van der Waals surface area (Å²) in [5.74, 6) is 0.664. The van der Waals surface area contributed by atoms with Crippen molar-refractivity contribution in [3.8, 4) is 50.7 Å². The number of hydrogen-bond donors (Lipinski definition) is 0. The Labute approximate surface area is 306 Å². The van der Waals surface area contributed by atoms with Gasteiger partial charge in [-0.15, -0.1) is 0 Å². The van der Waals surface area contributed by atoms with E-state index in [9.17, 15) is 0 Å². The summed E-state index contributed by atoms with van der Waals surface area (Å²) in [7, 11) is 0. The highest BCUT2D eigenvalue weighted by atomic mass is 16.3. The SMILES string of the molecule is CC1(C)c2ccccc2-c2c1ccc1c2c2ccccc2n1-c1cccc(-c2cc(-c3ccccc3)nc(-c3cccc4oc5ccccc5c34)n2)c1. The summed E-state index contributed by atoms with van der Waals surface area (Å²) in [6.07, 6.45) is 0. The largest absolute Gasteiger partial charge is 0.456 e. The monoisotopic (exact) mass is 679 g/mol. The van der Waals surface area contributed by atoms with Gasteiger partial charge in [0.25, 0.3) is 0 Å². The van der Waals surface area contributed by atoms with Gasteiger partial charge in [-0.2, -0.15) is 0 Å². The minimum atomic E-state index is -0.0719. The predicted molar refractivity (Wildman–Crippen MR) is 218 cm³/mol. The molecule has 0 aliphatic heterocycles. The van der Waals surface area contributed by atoms with E-state index in [1.54, 1.807) is 0 Å². The summed E-state index contributed by atoms with van der Waals surface area (Å²) in [5.41, 5.74) is 15.2. The first-order valence-corrected chi connectivity index (χ1v) is 18.2. The maximum absolute atomic E-state index is 6.27. The van der Waals surface area contributed by atoms with Gasteiger partial charge in [-0.3, -0.25) is 0 Å². The lowest BCUT2D eigenvalue weighted by atomic mass is 9.82. The molecule has 11 rings (SSSR count).